The number of hydrogen-bond acceptors (Lipinski definition) is 4. The number of aromatic carboxylic acids is 1. The molecule has 94 valence electrons. The van der Waals surface area contributed by atoms with Gasteiger partial charge in [0.15, 0.2) is 0 Å². The molecule has 1 aromatic carbocycles. The van der Waals surface area contributed by atoms with Gasteiger partial charge in [0.1, 0.15) is 5.01 Å². The first-order chi connectivity index (χ1) is 8.70. The van der Waals surface area contributed by atoms with Crippen LogP contribution in [0.3, 0.4) is 0 Å². The first-order valence-corrected chi connectivity index (χ1v) is 7.60. The van der Waals surface area contributed by atoms with Crippen LogP contribution in [-0.2, 0) is 5.75 Å². The molecule has 2 aromatic rings. The molecule has 2 rings (SSSR count). The molecule has 18 heavy (non-hydrogen) atoms. The lowest BCUT2D eigenvalue weighted by atomic mass is 10.1. The summed E-state index contributed by atoms with van der Waals surface area (Å²) in [7, 11) is 0. The van der Waals surface area contributed by atoms with Gasteiger partial charge < -0.3 is 5.11 Å². The van der Waals surface area contributed by atoms with E-state index < -0.39 is 5.97 Å². The van der Waals surface area contributed by atoms with Gasteiger partial charge in [0.25, 0.3) is 0 Å². The predicted molar refractivity (Wildman–Crippen MR) is 76.3 cm³/mol. The molecule has 1 aromatic heterocycles. The van der Waals surface area contributed by atoms with E-state index in [4.69, 9.17) is 5.11 Å². The fourth-order valence-corrected chi connectivity index (χ4v) is 3.04. The van der Waals surface area contributed by atoms with Gasteiger partial charge in [-0.05, 0) is 17.9 Å². The van der Waals surface area contributed by atoms with E-state index in [0.29, 0.717) is 5.56 Å². The SMILES string of the molecule is CCSCc1nc(-c2ccc(C(=O)O)cc2)cs1. The molecular formula is C13H13NO2S2. The fraction of sp³-hybridized carbons (Fsp3) is 0.231. The molecule has 0 atom stereocenters. The van der Waals surface area contributed by atoms with Crippen LogP contribution in [0.15, 0.2) is 29.6 Å². The largest absolute Gasteiger partial charge is 0.478 e. The average molecular weight is 279 g/mol. The van der Waals surface area contributed by atoms with Crippen LogP contribution in [0.4, 0.5) is 0 Å². The molecule has 0 amide bonds. The smallest absolute Gasteiger partial charge is 0.335 e. The molecule has 5 heteroatoms. The molecule has 0 spiro atoms. The molecule has 0 radical (unpaired) electrons. The zero-order chi connectivity index (χ0) is 13.0. The van der Waals surface area contributed by atoms with E-state index in [-0.39, 0.29) is 0 Å². The number of nitrogens with zero attached hydrogens (tertiary/aromatic N) is 1. The van der Waals surface area contributed by atoms with E-state index in [1.54, 1.807) is 35.6 Å². The highest BCUT2D eigenvalue weighted by atomic mass is 32.2. The summed E-state index contributed by atoms with van der Waals surface area (Å²) in [5, 5.41) is 12.0. The van der Waals surface area contributed by atoms with Crippen LogP contribution in [0.2, 0.25) is 0 Å². The Bertz CT molecular complexity index is 534. The monoisotopic (exact) mass is 279 g/mol. The van der Waals surface area contributed by atoms with Gasteiger partial charge >= 0.3 is 5.97 Å². The zero-order valence-electron chi connectivity index (χ0n) is 9.92. The topological polar surface area (TPSA) is 50.2 Å². The summed E-state index contributed by atoms with van der Waals surface area (Å²) >= 11 is 3.49. The molecule has 0 aliphatic rings. The van der Waals surface area contributed by atoms with Gasteiger partial charge in [0.2, 0.25) is 0 Å². The number of thiazole rings is 1. The Kier molecular flexibility index (Phi) is 4.38. The summed E-state index contributed by atoms with van der Waals surface area (Å²) in [6.07, 6.45) is 0. The van der Waals surface area contributed by atoms with Gasteiger partial charge in [-0.25, -0.2) is 9.78 Å². The van der Waals surface area contributed by atoms with E-state index in [9.17, 15) is 4.79 Å². The average Bonchev–Trinajstić information content (AvgIpc) is 2.85. The Morgan fingerprint density at radius 1 is 1.39 bits per heavy atom. The Balaban J connectivity index is 2.15. The van der Waals surface area contributed by atoms with Crippen molar-refractivity contribution >= 4 is 29.1 Å². The van der Waals surface area contributed by atoms with E-state index in [0.717, 1.165) is 27.8 Å². The maximum atomic E-state index is 10.8. The minimum Gasteiger partial charge on any atom is -0.478 e. The first-order valence-electron chi connectivity index (χ1n) is 5.56. The zero-order valence-corrected chi connectivity index (χ0v) is 11.6. The van der Waals surface area contributed by atoms with E-state index in [1.807, 2.05) is 17.1 Å². The third-order valence-electron chi connectivity index (χ3n) is 2.41. The van der Waals surface area contributed by atoms with Crippen LogP contribution in [0.5, 0.6) is 0 Å². The summed E-state index contributed by atoms with van der Waals surface area (Å²) in [6, 6.07) is 6.82. The number of carboxylic acids is 1. The second kappa shape index (κ2) is 6.02. The molecule has 0 bridgehead atoms. The summed E-state index contributed by atoms with van der Waals surface area (Å²) in [5.74, 6) is 1.12. The standard InChI is InChI=1S/C13H13NO2S2/c1-2-17-8-12-14-11(7-18-12)9-3-5-10(6-4-9)13(15)16/h3-7H,2,8H2,1H3,(H,15,16). The van der Waals surface area contributed by atoms with Crippen molar-refractivity contribution in [3.05, 3.63) is 40.2 Å². The predicted octanol–water partition coefficient (Wildman–Crippen LogP) is 3.76. The van der Waals surface area contributed by atoms with Crippen molar-refractivity contribution in [2.75, 3.05) is 5.75 Å². The number of benzene rings is 1. The molecule has 0 saturated carbocycles. The van der Waals surface area contributed by atoms with Gasteiger partial charge in [-0.15, -0.1) is 11.3 Å². The lowest BCUT2D eigenvalue weighted by molar-refractivity contribution is 0.0697. The van der Waals surface area contributed by atoms with Gasteiger partial charge in [-0.3, -0.25) is 0 Å². The second-order valence-electron chi connectivity index (χ2n) is 3.65. The Morgan fingerprint density at radius 2 is 2.11 bits per heavy atom. The van der Waals surface area contributed by atoms with Crippen molar-refractivity contribution in [2.24, 2.45) is 0 Å². The fourth-order valence-electron chi connectivity index (χ4n) is 1.48. The number of thioether (sulfide) groups is 1. The number of rotatable bonds is 5. The van der Waals surface area contributed by atoms with Crippen LogP contribution >= 0.6 is 23.1 Å². The van der Waals surface area contributed by atoms with Crippen molar-refractivity contribution < 1.29 is 9.90 Å². The lowest BCUT2D eigenvalue weighted by Crippen LogP contribution is -1.94. The summed E-state index contributed by atoms with van der Waals surface area (Å²) in [6.45, 7) is 2.13. The second-order valence-corrected chi connectivity index (χ2v) is 5.86. The highest BCUT2D eigenvalue weighted by Gasteiger charge is 2.06. The summed E-state index contributed by atoms with van der Waals surface area (Å²) in [5.41, 5.74) is 2.18. The molecular weight excluding hydrogens is 266 g/mol. The Morgan fingerprint density at radius 3 is 2.72 bits per heavy atom. The van der Waals surface area contributed by atoms with Crippen LogP contribution < -0.4 is 0 Å². The minimum absolute atomic E-state index is 0.302. The van der Waals surface area contributed by atoms with E-state index in [2.05, 4.69) is 11.9 Å². The van der Waals surface area contributed by atoms with Crippen molar-refractivity contribution in [3.8, 4) is 11.3 Å². The molecule has 1 N–H and O–H groups in total. The van der Waals surface area contributed by atoms with Crippen LogP contribution in [0.25, 0.3) is 11.3 Å². The number of carboxylic acid groups (broad SMARTS) is 1. The van der Waals surface area contributed by atoms with Gasteiger partial charge in [-0.2, -0.15) is 11.8 Å². The van der Waals surface area contributed by atoms with Crippen LogP contribution in [0.1, 0.15) is 22.3 Å². The van der Waals surface area contributed by atoms with Gasteiger partial charge in [0.05, 0.1) is 11.3 Å². The normalized spacial score (nSPS) is 10.5. The summed E-state index contributed by atoms with van der Waals surface area (Å²) in [4.78, 5) is 15.3. The molecule has 0 unspecified atom stereocenters. The highest BCUT2D eigenvalue weighted by Crippen LogP contribution is 2.24. The molecule has 1 heterocycles. The van der Waals surface area contributed by atoms with E-state index in [1.165, 1.54) is 0 Å². The molecule has 0 aliphatic heterocycles. The van der Waals surface area contributed by atoms with Gasteiger partial charge in [-0.1, -0.05) is 19.1 Å². The molecule has 0 aliphatic carbocycles. The maximum Gasteiger partial charge on any atom is 0.335 e. The summed E-state index contributed by atoms with van der Waals surface area (Å²) < 4.78 is 0. The van der Waals surface area contributed by atoms with Crippen molar-refractivity contribution in [2.45, 2.75) is 12.7 Å². The van der Waals surface area contributed by atoms with Crippen molar-refractivity contribution in [1.82, 2.24) is 4.98 Å². The molecule has 0 saturated heterocycles. The Labute approximate surface area is 114 Å². The van der Waals surface area contributed by atoms with Gasteiger partial charge in [0, 0.05) is 16.7 Å². The third-order valence-corrected chi connectivity index (χ3v) is 4.33. The highest BCUT2D eigenvalue weighted by molar-refractivity contribution is 7.98. The quantitative estimate of drug-likeness (QED) is 0.905. The maximum absolute atomic E-state index is 10.8. The third kappa shape index (κ3) is 3.11. The van der Waals surface area contributed by atoms with Crippen LogP contribution in [0, 0.1) is 0 Å². The number of carbonyl (C=O) groups is 1. The first kappa shape index (κ1) is 13.1. The van der Waals surface area contributed by atoms with Crippen LogP contribution in [-0.4, -0.2) is 21.8 Å². The Hall–Kier alpha value is -1.33. The molecule has 3 nitrogen and oxygen atoms in total. The van der Waals surface area contributed by atoms with Crippen molar-refractivity contribution in [3.63, 3.8) is 0 Å². The number of aromatic nitrogens is 1. The molecule has 0 fully saturated rings. The van der Waals surface area contributed by atoms with Crippen molar-refractivity contribution in [1.29, 1.82) is 0 Å². The lowest BCUT2D eigenvalue weighted by Gasteiger charge is -1.98. The number of hydrogen-bond donors (Lipinski definition) is 1. The van der Waals surface area contributed by atoms with E-state index >= 15 is 0 Å². The minimum atomic E-state index is -0.903.